The second kappa shape index (κ2) is 6.17. The van der Waals surface area contributed by atoms with Crippen LogP contribution in [0.4, 0.5) is 11.9 Å². The number of nitrogens with two attached hydrogens (primary N) is 1. The molecule has 1 saturated heterocycles. The van der Waals surface area contributed by atoms with E-state index >= 15 is 0 Å². The Labute approximate surface area is 111 Å². The molecule has 2 heterocycles. The first kappa shape index (κ1) is 13.3. The van der Waals surface area contributed by atoms with Gasteiger partial charge in [-0.05, 0) is 6.42 Å². The second-order valence-corrected chi connectivity index (χ2v) is 4.21. The molecule has 0 bridgehead atoms. The number of carbonyl (C=O) groups is 1. The molecule has 1 amide bonds. The summed E-state index contributed by atoms with van der Waals surface area (Å²) in [5.41, 5.74) is 5.65. The molecule has 8 nitrogen and oxygen atoms in total. The molecular weight excluding hydrogens is 248 g/mol. The number of nitrogens with zero attached hydrogens (tertiary/aromatic N) is 4. The Morgan fingerprint density at radius 1 is 1.37 bits per heavy atom. The van der Waals surface area contributed by atoms with Crippen LogP contribution < -0.4 is 20.7 Å². The van der Waals surface area contributed by atoms with Gasteiger partial charge < -0.3 is 20.7 Å². The molecule has 0 unspecified atom stereocenters. The standard InChI is InChI=1S/C11H18N6O2/c1-2-7-19-11-15-9(12)14-10(16-11)17-5-3-8(18)13-4-6-17/h2-7H2,1H3,(H,13,18)(H2,12,14,15,16). The van der Waals surface area contributed by atoms with Gasteiger partial charge in [-0.25, -0.2) is 0 Å². The van der Waals surface area contributed by atoms with Crippen molar-refractivity contribution in [3.05, 3.63) is 0 Å². The number of anilines is 2. The molecule has 0 radical (unpaired) electrons. The van der Waals surface area contributed by atoms with Gasteiger partial charge in [-0.3, -0.25) is 4.79 Å². The molecule has 0 aliphatic carbocycles. The summed E-state index contributed by atoms with van der Waals surface area (Å²) in [5, 5.41) is 2.79. The lowest BCUT2D eigenvalue weighted by Crippen LogP contribution is -2.30. The molecule has 104 valence electrons. The minimum absolute atomic E-state index is 0.0342. The van der Waals surface area contributed by atoms with E-state index in [2.05, 4.69) is 20.3 Å². The van der Waals surface area contributed by atoms with Crippen molar-refractivity contribution in [3.63, 3.8) is 0 Å². The number of nitrogen functional groups attached to an aromatic ring is 1. The Morgan fingerprint density at radius 3 is 3.00 bits per heavy atom. The molecule has 0 aromatic carbocycles. The number of hydrogen-bond donors (Lipinski definition) is 2. The molecule has 1 aliphatic heterocycles. The summed E-state index contributed by atoms with van der Waals surface area (Å²) in [7, 11) is 0. The van der Waals surface area contributed by atoms with Crippen molar-refractivity contribution >= 4 is 17.8 Å². The number of hydrogen-bond acceptors (Lipinski definition) is 7. The van der Waals surface area contributed by atoms with Crippen LogP contribution in [0.25, 0.3) is 0 Å². The highest BCUT2D eigenvalue weighted by molar-refractivity contribution is 5.77. The highest BCUT2D eigenvalue weighted by Gasteiger charge is 2.17. The summed E-state index contributed by atoms with van der Waals surface area (Å²) >= 11 is 0. The van der Waals surface area contributed by atoms with Gasteiger partial charge in [-0.1, -0.05) is 6.92 Å². The van der Waals surface area contributed by atoms with Crippen molar-refractivity contribution < 1.29 is 9.53 Å². The largest absolute Gasteiger partial charge is 0.463 e. The molecule has 3 N–H and O–H groups in total. The number of nitrogens with one attached hydrogen (secondary N) is 1. The predicted molar refractivity (Wildman–Crippen MR) is 69.9 cm³/mol. The van der Waals surface area contributed by atoms with E-state index < -0.39 is 0 Å². The molecule has 8 heteroatoms. The van der Waals surface area contributed by atoms with Crippen LogP contribution in [0.5, 0.6) is 6.01 Å². The molecule has 0 atom stereocenters. The number of aromatic nitrogens is 3. The fraction of sp³-hybridized carbons (Fsp3) is 0.636. The fourth-order valence-electron chi connectivity index (χ4n) is 1.73. The monoisotopic (exact) mass is 266 g/mol. The molecule has 1 aromatic heterocycles. The van der Waals surface area contributed by atoms with Crippen LogP contribution in [0.2, 0.25) is 0 Å². The van der Waals surface area contributed by atoms with Gasteiger partial charge in [0.25, 0.3) is 0 Å². The highest BCUT2D eigenvalue weighted by Crippen LogP contribution is 2.14. The number of rotatable bonds is 4. The van der Waals surface area contributed by atoms with Gasteiger partial charge in [0.15, 0.2) is 0 Å². The molecule has 1 fully saturated rings. The van der Waals surface area contributed by atoms with Gasteiger partial charge >= 0.3 is 6.01 Å². The zero-order valence-electron chi connectivity index (χ0n) is 10.9. The predicted octanol–water partition coefficient (Wildman–Crippen LogP) is -0.431. The van der Waals surface area contributed by atoms with Crippen LogP contribution in [0.1, 0.15) is 19.8 Å². The minimum Gasteiger partial charge on any atom is -0.463 e. The topological polar surface area (TPSA) is 106 Å². The van der Waals surface area contributed by atoms with Gasteiger partial charge in [0.1, 0.15) is 0 Å². The summed E-state index contributed by atoms with van der Waals surface area (Å²) in [5.74, 6) is 0.613. The highest BCUT2D eigenvalue weighted by atomic mass is 16.5. The summed E-state index contributed by atoms with van der Waals surface area (Å²) in [4.78, 5) is 25.4. The van der Waals surface area contributed by atoms with Crippen LogP contribution in [-0.4, -0.2) is 47.1 Å². The fourth-order valence-corrected chi connectivity index (χ4v) is 1.73. The Hall–Kier alpha value is -2.12. The van der Waals surface area contributed by atoms with Gasteiger partial charge in [0.2, 0.25) is 17.8 Å². The third kappa shape index (κ3) is 3.67. The molecular formula is C11H18N6O2. The van der Waals surface area contributed by atoms with Crippen molar-refractivity contribution in [2.45, 2.75) is 19.8 Å². The first-order chi connectivity index (χ1) is 9.19. The Morgan fingerprint density at radius 2 is 2.21 bits per heavy atom. The zero-order chi connectivity index (χ0) is 13.7. The molecule has 0 spiro atoms. The first-order valence-corrected chi connectivity index (χ1v) is 6.35. The van der Waals surface area contributed by atoms with Crippen molar-refractivity contribution in [2.75, 3.05) is 36.9 Å². The minimum atomic E-state index is 0.0342. The lowest BCUT2D eigenvalue weighted by molar-refractivity contribution is -0.120. The maximum Gasteiger partial charge on any atom is 0.323 e. The van der Waals surface area contributed by atoms with E-state index in [0.29, 0.717) is 38.6 Å². The van der Waals surface area contributed by atoms with E-state index in [1.165, 1.54) is 0 Å². The van der Waals surface area contributed by atoms with E-state index in [9.17, 15) is 4.79 Å². The Bertz CT molecular complexity index is 453. The van der Waals surface area contributed by atoms with Gasteiger partial charge in [-0.2, -0.15) is 15.0 Å². The molecule has 1 aromatic rings. The number of ether oxygens (including phenoxy) is 1. The van der Waals surface area contributed by atoms with Crippen LogP contribution in [0.15, 0.2) is 0 Å². The van der Waals surface area contributed by atoms with Gasteiger partial charge in [0, 0.05) is 26.1 Å². The third-order valence-corrected chi connectivity index (χ3v) is 2.65. The maximum absolute atomic E-state index is 11.3. The molecule has 1 aliphatic rings. The zero-order valence-corrected chi connectivity index (χ0v) is 10.9. The maximum atomic E-state index is 11.3. The van der Waals surface area contributed by atoms with E-state index in [-0.39, 0.29) is 17.9 Å². The van der Waals surface area contributed by atoms with Gasteiger partial charge in [-0.15, -0.1) is 0 Å². The average molecular weight is 266 g/mol. The summed E-state index contributed by atoms with van der Waals surface area (Å²) in [6, 6.07) is 0.230. The van der Waals surface area contributed by atoms with Crippen LogP contribution in [0, 0.1) is 0 Å². The molecule has 0 saturated carbocycles. The number of carbonyl (C=O) groups excluding carboxylic acids is 1. The third-order valence-electron chi connectivity index (χ3n) is 2.65. The van der Waals surface area contributed by atoms with Crippen LogP contribution >= 0.6 is 0 Å². The summed E-state index contributed by atoms with van der Waals surface area (Å²) < 4.78 is 5.37. The Balaban J connectivity index is 2.13. The lowest BCUT2D eigenvalue weighted by atomic mass is 10.4. The van der Waals surface area contributed by atoms with Crippen molar-refractivity contribution in [1.82, 2.24) is 20.3 Å². The van der Waals surface area contributed by atoms with Crippen molar-refractivity contribution in [3.8, 4) is 6.01 Å². The first-order valence-electron chi connectivity index (χ1n) is 6.35. The molecule has 2 rings (SSSR count). The van der Waals surface area contributed by atoms with Crippen LogP contribution in [0.3, 0.4) is 0 Å². The van der Waals surface area contributed by atoms with E-state index in [0.717, 1.165) is 6.42 Å². The van der Waals surface area contributed by atoms with Gasteiger partial charge in [0.05, 0.1) is 6.61 Å². The lowest BCUT2D eigenvalue weighted by Gasteiger charge is -2.19. The smallest absolute Gasteiger partial charge is 0.323 e. The quantitative estimate of drug-likeness (QED) is 0.761. The average Bonchev–Trinajstić information content (AvgIpc) is 2.60. The van der Waals surface area contributed by atoms with Crippen molar-refractivity contribution in [2.24, 2.45) is 0 Å². The normalized spacial score (nSPS) is 15.8. The van der Waals surface area contributed by atoms with Crippen molar-refractivity contribution in [1.29, 1.82) is 0 Å². The Kier molecular flexibility index (Phi) is 4.32. The number of amides is 1. The SMILES string of the molecule is CCCOc1nc(N)nc(N2CCNC(=O)CC2)n1. The van der Waals surface area contributed by atoms with E-state index in [1.54, 1.807) is 0 Å². The van der Waals surface area contributed by atoms with E-state index in [4.69, 9.17) is 10.5 Å². The second-order valence-electron chi connectivity index (χ2n) is 4.21. The summed E-state index contributed by atoms with van der Waals surface area (Å²) in [6.45, 7) is 4.29. The van der Waals surface area contributed by atoms with E-state index in [1.807, 2.05) is 11.8 Å². The molecule has 19 heavy (non-hydrogen) atoms. The van der Waals surface area contributed by atoms with Crippen LogP contribution in [-0.2, 0) is 4.79 Å². The summed E-state index contributed by atoms with van der Waals surface area (Å²) in [6.07, 6.45) is 1.28.